The van der Waals surface area contributed by atoms with E-state index >= 15 is 0 Å². The van der Waals surface area contributed by atoms with Crippen LogP contribution in [-0.2, 0) is 13.7 Å². The lowest BCUT2D eigenvalue weighted by Crippen LogP contribution is -2.08. The van der Waals surface area contributed by atoms with E-state index in [1.54, 1.807) is 21.5 Å². The fraction of sp³-hybridized carbons (Fsp3) is 0.176. The summed E-state index contributed by atoms with van der Waals surface area (Å²) in [6, 6.07) is 3.67. The number of aryl methyl sites for hydroxylation is 2. The van der Waals surface area contributed by atoms with Gasteiger partial charge in [-0.05, 0) is 18.6 Å². The Morgan fingerprint density at radius 1 is 1.22 bits per heavy atom. The first kappa shape index (κ1) is 15.4. The second kappa shape index (κ2) is 5.87. The van der Waals surface area contributed by atoms with Crippen molar-refractivity contribution in [1.29, 1.82) is 0 Å². The van der Waals surface area contributed by atoms with E-state index in [0.29, 0.717) is 28.8 Å². The van der Waals surface area contributed by atoms with Gasteiger partial charge in [-0.25, -0.2) is 4.68 Å². The third kappa shape index (κ3) is 2.58. The summed E-state index contributed by atoms with van der Waals surface area (Å²) in [5.74, 6) is 1.63. The van der Waals surface area contributed by atoms with E-state index in [-0.39, 0.29) is 6.61 Å². The maximum Gasteiger partial charge on any atom is 0.240 e. The summed E-state index contributed by atoms with van der Waals surface area (Å²) in [6.07, 6.45) is 7.60. The van der Waals surface area contributed by atoms with Crippen LogP contribution >= 0.6 is 0 Å². The lowest BCUT2D eigenvalue weighted by molar-refractivity contribution is 0.278. The third-order valence-corrected chi connectivity index (χ3v) is 4.24. The molecule has 10 nitrogen and oxygen atoms in total. The van der Waals surface area contributed by atoms with Crippen LogP contribution in [0.25, 0.3) is 22.7 Å². The number of aromatic nitrogens is 8. The van der Waals surface area contributed by atoms with Gasteiger partial charge in [-0.1, -0.05) is 28.6 Å². The molecule has 0 saturated carbocycles. The molecule has 0 fully saturated rings. The van der Waals surface area contributed by atoms with Crippen LogP contribution in [0, 0.1) is 6.92 Å². The Kier molecular flexibility index (Phi) is 3.35. The molecular weight excluding hydrogens is 348 g/mol. The Morgan fingerprint density at radius 2 is 2.11 bits per heavy atom. The summed E-state index contributed by atoms with van der Waals surface area (Å²) in [4.78, 5) is 0. The Hall–Kier alpha value is -3.82. The molecule has 0 N–H and O–H groups in total. The summed E-state index contributed by atoms with van der Waals surface area (Å²) in [6.45, 7) is 2.10. The number of hydrogen-bond donors (Lipinski definition) is 0. The molecule has 10 heteroatoms. The molecule has 0 saturated heterocycles. The molecule has 4 aromatic heterocycles. The maximum absolute atomic E-state index is 5.99. The zero-order valence-electron chi connectivity index (χ0n) is 14.6. The fourth-order valence-corrected chi connectivity index (χ4v) is 2.72. The van der Waals surface area contributed by atoms with Crippen molar-refractivity contribution in [2.75, 3.05) is 0 Å². The minimum Gasteiger partial charge on any atom is -0.470 e. The van der Waals surface area contributed by atoms with E-state index < -0.39 is 0 Å². The predicted octanol–water partition coefficient (Wildman–Crippen LogP) is 1.75. The highest BCUT2D eigenvalue weighted by Crippen LogP contribution is 2.31. The van der Waals surface area contributed by atoms with Crippen molar-refractivity contribution < 1.29 is 9.26 Å². The minimum atomic E-state index is 0.284. The van der Waals surface area contributed by atoms with Gasteiger partial charge in [-0.3, -0.25) is 0 Å². The van der Waals surface area contributed by atoms with Gasteiger partial charge in [0, 0.05) is 18.7 Å². The van der Waals surface area contributed by atoms with Crippen molar-refractivity contribution in [3.05, 3.63) is 53.6 Å². The molecule has 0 aromatic carbocycles. The molecule has 27 heavy (non-hydrogen) atoms. The Morgan fingerprint density at radius 3 is 2.78 bits per heavy atom. The highest BCUT2D eigenvalue weighted by Gasteiger charge is 2.19. The standard InChI is InChI=1S/C17H14N8O2/c1-10-6-14(22-27-10)16-20-19-15-7-13(11-4-3-5-11)17(21-25(15)16)26-9-12-8-18-23-24(12)2/h3-8H,9H2,1-2H3. The highest BCUT2D eigenvalue weighted by molar-refractivity contribution is 5.84. The lowest BCUT2D eigenvalue weighted by Gasteiger charge is -2.13. The molecule has 0 aliphatic heterocycles. The first-order valence-corrected chi connectivity index (χ1v) is 8.24. The quantitative estimate of drug-likeness (QED) is 0.528. The van der Waals surface area contributed by atoms with Gasteiger partial charge < -0.3 is 9.26 Å². The van der Waals surface area contributed by atoms with E-state index in [2.05, 4.69) is 30.8 Å². The smallest absolute Gasteiger partial charge is 0.240 e. The molecule has 4 aromatic rings. The topological polar surface area (TPSA) is 109 Å². The molecule has 0 atom stereocenters. The number of allylic oxidation sites excluding steroid dienone is 4. The second-order valence-electron chi connectivity index (χ2n) is 6.10. The first-order chi connectivity index (χ1) is 13.2. The van der Waals surface area contributed by atoms with Gasteiger partial charge >= 0.3 is 0 Å². The monoisotopic (exact) mass is 362 g/mol. The van der Waals surface area contributed by atoms with Crippen molar-refractivity contribution in [2.45, 2.75) is 13.5 Å². The SMILES string of the molecule is Cc1cc(-c2nnc3cc(C4=CC=C4)c(OCc4cnnn4C)nn23)no1. The van der Waals surface area contributed by atoms with E-state index in [1.165, 1.54) is 0 Å². The van der Waals surface area contributed by atoms with Crippen LogP contribution in [0.15, 0.2) is 41.1 Å². The van der Waals surface area contributed by atoms with Crippen molar-refractivity contribution in [3.63, 3.8) is 0 Å². The van der Waals surface area contributed by atoms with E-state index in [9.17, 15) is 0 Å². The first-order valence-electron chi connectivity index (χ1n) is 8.24. The average Bonchev–Trinajstić information content (AvgIpc) is 3.31. The van der Waals surface area contributed by atoms with E-state index in [0.717, 1.165) is 16.8 Å². The zero-order chi connectivity index (χ0) is 18.4. The van der Waals surface area contributed by atoms with Crippen LogP contribution in [0.5, 0.6) is 5.88 Å². The lowest BCUT2D eigenvalue weighted by atomic mass is 10.0. The average molecular weight is 362 g/mol. The van der Waals surface area contributed by atoms with Gasteiger partial charge in [0.1, 0.15) is 12.4 Å². The van der Waals surface area contributed by atoms with Crippen LogP contribution in [0.2, 0.25) is 0 Å². The Labute approximate surface area is 152 Å². The fourth-order valence-electron chi connectivity index (χ4n) is 2.72. The van der Waals surface area contributed by atoms with Crippen LogP contribution < -0.4 is 4.74 Å². The summed E-state index contributed by atoms with van der Waals surface area (Å²) in [5.41, 5.74) is 3.85. The van der Waals surface area contributed by atoms with Crippen molar-refractivity contribution >= 4 is 11.2 Å². The molecule has 134 valence electrons. The molecule has 1 aliphatic rings. The largest absolute Gasteiger partial charge is 0.470 e. The molecule has 0 amide bonds. The minimum absolute atomic E-state index is 0.284. The van der Waals surface area contributed by atoms with Gasteiger partial charge in [-0.15, -0.1) is 20.4 Å². The number of nitrogens with zero attached hydrogens (tertiary/aromatic N) is 8. The van der Waals surface area contributed by atoms with Gasteiger partial charge in [0.05, 0.1) is 11.9 Å². The van der Waals surface area contributed by atoms with E-state index in [4.69, 9.17) is 9.26 Å². The van der Waals surface area contributed by atoms with Crippen molar-refractivity contribution in [1.82, 2.24) is 40.0 Å². The van der Waals surface area contributed by atoms with Gasteiger partial charge in [-0.2, -0.15) is 4.52 Å². The maximum atomic E-state index is 5.99. The van der Waals surface area contributed by atoms with Crippen molar-refractivity contribution in [2.24, 2.45) is 7.05 Å². The van der Waals surface area contributed by atoms with Gasteiger partial charge in [0.15, 0.2) is 11.3 Å². The third-order valence-electron chi connectivity index (χ3n) is 4.24. The second-order valence-corrected chi connectivity index (χ2v) is 6.10. The normalized spacial score (nSPS) is 13.0. The molecule has 5 rings (SSSR count). The summed E-state index contributed by atoms with van der Waals surface area (Å²) >= 11 is 0. The molecule has 0 unspecified atom stereocenters. The Balaban J connectivity index is 1.59. The molecule has 4 heterocycles. The van der Waals surface area contributed by atoms with Gasteiger partial charge in [0.2, 0.25) is 11.7 Å². The molecule has 0 radical (unpaired) electrons. The summed E-state index contributed by atoms with van der Waals surface area (Å²) in [7, 11) is 1.81. The summed E-state index contributed by atoms with van der Waals surface area (Å²) in [5, 5.41) is 24.8. The van der Waals surface area contributed by atoms with Crippen LogP contribution in [-0.4, -0.2) is 40.0 Å². The van der Waals surface area contributed by atoms with E-state index in [1.807, 2.05) is 38.3 Å². The molecule has 1 aliphatic carbocycles. The van der Waals surface area contributed by atoms with Crippen LogP contribution in [0.3, 0.4) is 0 Å². The number of hydrogen-bond acceptors (Lipinski definition) is 8. The van der Waals surface area contributed by atoms with Crippen LogP contribution in [0.1, 0.15) is 17.0 Å². The number of rotatable bonds is 5. The predicted molar refractivity (Wildman–Crippen MR) is 93.5 cm³/mol. The molecule has 0 bridgehead atoms. The molecule has 0 spiro atoms. The molecular formula is C17H14N8O2. The number of ether oxygens (including phenoxy) is 1. The number of fused-ring (bicyclic) bond motifs is 1. The summed E-state index contributed by atoms with van der Waals surface area (Å²) < 4.78 is 14.4. The van der Waals surface area contributed by atoms with Gasteiger partial charge in [0.25, 0.3) is 0 Å². The van der Waals surface area contributed by atoms with Crippen LogP contribution in [0.4, 0.5) is 0 Å². The highest BCUT2D eigenvalue weighted by atomic mass is 16.5. The zero-order valence-corrected chi connectivity index (χ0v) is 14.6. The van der Waals surface area contributed by atoms with Crippen molar-refractivity contribution in [3.8, 4) is 17.4 Å². The Bertz CT molecular complexity index is 1210.